The van der Waals surface area contributed by atoms with Crippen LogP contribution in [-0.2, 0) is 6.42 Å². The van der Waals surface area contributed by atoms with Gasteiger partial charge in [-0.3, -0.25) is 4.90 Å². The summed E-state index contributed by atoms with van der Waals surface area (Å²) in [5, 5.41) is 5.82. The van der Waals surface area contributed by atoms with E-state index in [4.69, 9.17) is 0 Å². The minimum absolute atomic E-state index is 0.265. The topological polar surface area (TPSA) is 15.3 Å². The zero-order valence-electron chi connectivity index (χ0n) is 11.2. The normalized spacial score (nSPS) is 25.0. The summed E-state index contributed by atoms with van der Waals surface area (Å²) in [7, 11) is 0. The van der Waals surface area contributed by atoms with Crippen LogP contribution in [0, 0.1) is 0 Å². The lowest BCUT2D eigenvalue weighted by atomic mass is 9.97. The van der Waals surface area contributed by atoms with Crippen molar-refractivity contribution in [2.24, 2.45) is 0 Å². The van der Waals surface area contributed by atoms with Crippen molar-refractivity contribution < 1.29 is 0 Å². The second-order valence-corrected chi connectivity index (χ2v) is 6.66. The van der Waals surface area contributed by atoms with E-state index in [2.05, 4.69) is 48.5 Å². The number of hydrogen-bond acceptors (Lipinski definition) is 3. The Bertz CT molecular complexity index is 332. The van der Waals surface area contributed by atoms with E-state index in [1.54, 1.807) is 0 Å². The lowest BCUT2D eigenvalue weighted by Gasteiger charge is -2.44. The van der Waals surface area contributed by atoms with E-state index in [1.165, 1.54) is 24.3 Å². The number of thiophene rings is 1. The van der Waals surface area contributed by atoms with Crippen molar-refractivity contribution in [2.75, 3.05) is 19.6 Å². The molecule has 1 aliphatic rings. The minimum Gasteiger partial charge on any atom is -0.309 e. The quantitative estimate of drug-likeness (QED) is 0.886. The summed E-state index contributed by atoms with van der Waals surface area (Å²) in [4.78, 5) is 4.17. The Morgan fingerprint density at radius 1 is 1.53 bits per heavy atom. The molecule has 96 valence electrons. The average molecular weight is 252 g/mol. The monoisotopic (exact) mass is 252 g/mol. The Labute approximate surface area is 109 Å². The van der Waals surface area contributed by atoms with Crippen molar-refractivity contribution in [1.82, 2.24) is 10.2 Å². The van der Waals surface area contributed by atoms with Crippen molar-refractivity contribution in [2.45, 2.75) is 45.2 Å². The Morgan fingerprint density at radius 2 is 2.35 bits per heavy atom. The van der Waals surface area contributed by atoms with Crippen LogP contribution in [0.25, 0.3) is 0 Å². The first-order valence-electron chi connectivity index (χ1n) is 6.62. The van der Waals surface area contributed by atoms with Gasteiger partial charge in [-0.2, -0.15) is 0 Å². The Kier molecular flexibility index (Phi) is 4.23. The molecule has 0 aliphatic carbocycles. The highest BCUT2D eigenvalue weighted by Crippen LogP contribution is 2.18. The van der Waals surface area contributed by atoms with Crippen LogP contribution in [0.1, 0.15) is 32.1 Å². The zero-order valence-corrected chi connectivity index (χ0v) is 12.0. The molecule has 2 rings (SSSR count). The van der Waals surface area contributed by atoms with Gasteiger partial charge in [0.05, 0.1) is 0 Å². The van der Waals surface area contributed by atoms with Crippen LogP contribution < -0.4 is 5.32 Å². The van der Waals surface area contributed by atoms with Crippen molar-refractivity contribution >= 4 is 11.3 Å². The maximum atomic E-state index is 3.64. The molecule has 1 aliphatic heterocycles. The van der Waals surface area contributed by atoms with Crippen LogP contribution in [0.5, 0.6) is 0 Å². The van der Waals surface area contributed by atoms with E-state index in [0.717, 1.165) is 13.1 Å². The van der Waals surface area contributed by atoms with Crippen LogP contribution in [0.3, 0.4) is 0 Å². The van der Waals surface area contributed by atoms with Crippen LogP contribution in [0.4, 0.5) is 0 Å². The lowest BCUT2D eigenvalue weighted by molar-refractivity contribution is 0.0941. The van der Waals surface area contributed by atoms with Crippen molar-refractivity contribution in [1.29, 1.82) is 0 Å². The number of piperazine rings is 1. The number of rotatable bonds is 4. The molecule has 1 unspecified atom stereocenters. The van der Waals surface area contributed by atoms with Gasteiger partial charge in [-0.1, -0.05) is 13.0 Å². The highest BCUT2D eigenvalue weighted by Gasteiger charge is 2.30. The summed E-state index contributed by atoms with van der Waals surface area (Å²) in [6.45, 7) is 10.4. The van der Waals surface area contributed by atoms with Gasteiger partial charge in [0.25, 0.3) is 0 Å². The minimum atomic E-state index is 0.265. The van der Waals surface area contributed by atoms with Crippen molar-refractivity contribution in [3.63, 3.8) is 0 Å². The molecule has 1 N–H and O–H groups in total. The summed E-state index contributed by atoms with van der Waals surface area (Å²) >= 11 is 1.88. The molecule has 0 spiro atoms. The molecule has 0 saturated carbocycles. The summed E-state index contributed by atoms with van der Waals surface area (Å²) < 4.78 is 0. The highest BCUT2D eigenvalue weighted by molar-refractivity contribution is 7.09. The standard InChI is InChI=1S/C14H24N2S/c1-4-12-10-15-14(2,3)11-16(12)8-7-13-6-5-9-17-13/h5-6,9,12,15H,4,7-8,10-11H2,1-3H3. The summed E-state index contributed by atoms with van der Waals surface area (Å²) in [5.74, 6) is 0. The van der Waals surface area contributed by atoms with E-state index in [9.17, 15) is 0 Å². The van der Waals surface area contributed by atoms with Gasteiger partial charge in [0.1, 0.15) is 0 Å². The maximum absolute atomic E-state index is 3.64. The summed E-state index contributed by atoms with van der Waals surface area (Å²) in [5.41, 5.74) is 0.265. The van der Waals surface area contributed by atoms with Crippen LogP contribution >= 0.6 is 11.3 Å². The molecule has 0 aromatic carbocycles. The average Bonchev–Trinajstić information content (AvgIpc) is 2.78. The maximum Gasteiger partial charge on any atom is 0.0252 e. The predicted octanol–water partition coefficient (Wildman–Crippen LogP) is 2.75. The fourth-order valence-electron chi connectivity index (χ4n) is 2.59. The first kappa shape index (κ1) is 13.1. The molecule has 2 nitrogen and oxygen atoms in total. The third kappa shape index (κ3) is 3.54. The van der Waals surface area contributed by atoms with Gasteiger partial charge >= 0.3 is 0 Å². The molecule has 1 atom stereocenters. The van der Waals surface area contributed by atoms with E-state index in [-0.39, 0.29) is 5.54 Å². The predicted molar refractivity (Wildman–Crippen MR) is 75.8 cm³/mol. The lowest BCUT2D eigenvalue weighted by Crippen LogP contribution is -2.61. The van der Waals surface area contributed by atoms with Crippen LogP contribution in [0.2, 0.25) is 0 Å². The van der Waals surface area contributed by atoms with Crippen LogP contribution in [0.15, 0.2) is 17.5 Å². The van der Waals surface area contributed by atoms with Crippen LogP contribution in [-0.4, -0.2) is 36.1 Å². The molecule has 1 saturated heterocycles. The fraction of sp³-hybridized carbons (Fsp3) is 0.714. The molecule has 17 heavy (non-hydrogen) atoms. The molecule has 2 heterocycles. The Balaban J connectivity index is 1.91. The molecule has 3 heteroatoms. The fourth-order valence-corrected chi connectivity index (χ4v) is 3.29. The Morgan fingerprint density at radius 3 is 3.00 bits per heavy atom. The van der Waals surface area contributed by atoms with Gasteiger partial charge in [-0.15, -0.1) is 11.3 Å². The van der Waals surface area contributed by atoms with E-state index >= 15 is 0 Å². The summed E-state index contributed by atoms with van der Waals surface area (Å²) in [6, 6.07) is 5.11. The molecule has 1 fully saturated rings. The van der Waals surface area contributed by atoms with Gasteiger partial charge in [0.15, 0.2) is 0 Å². The van der Waals surface area contributed by atoms with Gasteiger partial charge in [-0.25, -0.2) is 0 Å². The number of hydrogen-bond donors (Lipinski definition) is 1. The highest BCUT2D eigenvalue weighted by atomic mass is 32.1. The molecule has 0 bridgehead atoms. The van der Waals surface area contributed by atoms with Crippen molar-refractivity contribution in [3.8, 4) is 0 Å². The van der Waals surface area contributed by atoms with Gasteiger partial charge in [-0.05, 0) is 38.1 Å². The van der Waals surface area contributed by atoms with Gasteiger partial charge in [0.2, 0.25) is 0 Å². The molecule has 0 radical (unpaired) electrons. The largest absolute Gasteiger partial charge is 0.309 e. The number of nitrogens with zero attached hydrogens (tertiary/aromatic N) is 1. The Hall–Kier alpha value is -0.380. The summed E-state index contributed by atoms with van der Waals surface area (Å²) in [6.07, 6.45) is 2.44. The third-order valence-corrected chi connectivity index (χ3v) is 4.56. The smallest absolute Gasteiger partial charge is 0.0252 e. The van der Waals surface area contributed by atoms with Crippen molar-refractivity contribution in [3.05, 3.63) is 22.4 Å². The van der Waals surface area contributed by atoms with Gasteiger partial charge < -0.3 is 5.32 Å². The molecular formula is C14H24N2S. The second-order valence-electron chi connectivity index (χ2n) is 5.63. The second kappa shape index (κ2) is 5.51. The van der Waals surface area contributed by atoms with E-state index in [1.807, 2.05) is 11.3 Å². The zero-order chi connectivity index (χ0) is 12.3. The van der Waals surface area contributed by atoms with E-state index < -0.39 is 0 Å². The van der Waals surface area contributed by atoms with Gasteiger partial charge in [0, 0.05) is 36.1 Å². The third-order valence-electron chi connectivity index (χ3n) is 3.63. The molecular weight excluding hydrogens is 228 g/mol. The molecule has 0 amide bonds. The first-order chi connectivity index (χ1) is 8.11. The number of nitrogens with one attached hydrogen (secondary N) is 1. The molecule has 1 aromatic rings. The molecule has 1 aromatic heterocycles. The van der Waals surface area contributed by atoms with E-state index in [0.29, 0.717) is 6.04 Å². The SMILES string of the molecule is CCC1CNC(C)(C)CN1CCc1cccs1. The first-order valence-corrected chi connectivity index (χ1v) is 7.50.